The highest BCUT2D eigenvalue weighted by Gasteiger charge is 2.25. The largest absolute Gasteiger partial charge is 0.496 e. The highest BCUT2D eigenvalue weighted by Crippen LogP contribution is 2.28. The lowest BCUT2D eigenvalue weighted by Crippen LogP contribution is -2.22. The lowest BCUT2D eigenvalue weighted by molar-refractivity contribution is 0.0697. The third-order valence-corrected chi connectivity index (χ3v) is 4.85. The molecule has 1 unspecified atom stereocenters. The van der Waals surface area contributed by atoms with Crippen LogP contribution in [0.15, 0.2) is 36.4 Å². The Bertz CT molecular complexity index is 792. The number of methoxy groups -OCH3 is 1. The van der Waals surface area contributed by atoms with Crippen molar-refractivity contribution in [2.24, 2.45) is 5.92 Å². The van der Waals surface area contributed by atoms with E-state index in [2.05, 4.69) is 4.90 Å². The Labute approximate surface area is 151 Å². The monoisotopic (exact) mass is 361 g/mol. The summed E-state index contributed by atoms with van der Waals surface area (Å²) in [6.45, 7) is 1.89. The van der Waals surface area contributed by atoms with E-state index in [1.165, 1.54) is 13.2 Å². The smallest absolute Gasteiger partial charge is 0.335 e. The number of aromatic carboxylic acids is 1. The molecule has 2 aromatic carbocycles. The second-order valence-corrected chi connectivity index (χ2v) is 6.64. The van der Waals surface area contributed by atoms with Crippen molar-refractivity contribution in [1.82, 2.24) is 4.90 Å². The van der Waals surface area contributed by atoms with Crippen molar-refractivity contribution in [2.75, 3.05) is 20.2 Å². The van der Waals surface area contributed by atoms with Gasteiger partial charge in [-0.1, -0.05) is 12.1 Å². The minimum absolute atomic E-state index is 0.249. The van der Waals surface area contributed by atoms with Gasteiger partial charge in [-0.05, 0) is 55.1 Å². The summed E-state index contributed by atoms with van der Waals surface area (Å²) >= 11 is 0. The Balaban J connectivity index is 1.62. The number of nitrogens with zero attached hydrogens (tertiary/aromatic N) is 1. The van der Waals surface area contributed by atoms with E-state index < -0.39 is 17.6 Å². The normalized spacial score (nSPS) is 17.4. The van der Waals surface area contributed by atoms with Crippen LogP contribution in [0.1, 0.15) is 27.9 Å². The maximum Gasteiger partial charge on any atom is 0.335 e. The lowest BCUT2D eigenvalue weighted by Gasteiger charge is -2.18. The fourth-order valence-electron chi connectivity index (χ4n) is 3.48. The van der Waals surface area contributed by atoms with Gasteiger partial charge >= 0.3 is 5.97 Å². The Morgan fingerprint density at radius 3 is 2.62 bits per heavy atom. The number of hydrogen-bond donors (Lipinski definition) is 1. The topological polar surface area (TPSA) is 49.8 Å². The number of carboxylic acid groups (broad SMARTS) is 1. The van der Waals surface area contributed by atoms with E-state index in [0.29, 0.717) is 18.2 Å². The molecule has 1 aliphatic rings. The van der Waals surface area contributed by atoms with Crippen LogP contribution >= 0.6 is 0 Å². The molecular weight excluding hydrogens is 340 g/mol. The molecule has 3 rings (SSSR count). The minimum atomic E-state index is -0.936. The first kappa shape index (κ1) is 18.3. The summed E-state index contributed by atoms with van der Waals surface area (Å²) in [5, 5.41) is 8.95. The molecule has 0 radical (unpaired) electrons. The third-order valence-electron chi connectivity index (χ3n) is 4.85. The maximum absolute atomic E-state index is 14.1. The number of hydrogen-bond acceptors (Lipinski definition) is 3. The Hall–Kier alpha value is -2.47. The quantitative estimate of drug-likeness (QED) is 0.852. The average molecular weight is 361 g/mol. The number of ether oxygens (including phenoxy) is 1. The summed E-state index contributed by atoms with van der Waals surface area (Å²) in [7, 11) is 1.45. The van der Waals surface area contributed by atoms with Gasteiger partial charge in [-0.2, -0.15) is 0 Å². The predicted molar refractivity (Wildman–Crippen MR) is 93.4 cm³/mol. The van der Waals surface area contributed by atoms with E-state index in [0.717, 1.165) is 37.6 Å². The first-order chi connectivity index (χ1) is 12.5. The molecule has 0 spiro atoms. The van der Waals surface area contributed by atoms with Gasteiger partial charge in [0, 0.05) is 18.7 Å². The van der Waals surface area contributed by atoms with Crippen LogP contribution in [0.25, 0.3) is 0 Å². The zero-order valence-corrected chi connectivity index (χ0v) is 14.5. The van der Waals surface area contributed by atoms with E-state index in [1.807, 2.05) is 12.1 Å². The number of likely N-dealkylation sites (tertiary alicyclic amines) is 1. The fourth-order valence-corrected chi connectivity index (χ4v) is 3.48. The van der Waals surface area contributed by atoms with Gasteiger partial charge < -0.3 is 9.84 Å². The summed E-state index contributed by atoms with van der Waals surface area (Å²) < 4.78 is 32.8. The predicted octanol–water partition coefficient (Wildman–Crippen LogP) is 3.74. The molecule has 6 heteroatoms. The van der Waals surface area contributed by atoms with Gasteiger partial charge in [0.25, 0.3) is 0 Å². The molecule has 0 saturated carbocycles. The highest BCUT2D eigenvalue weighted by atomic mass is 19.2. The van der Waals surface area contributed by atoms with Crippen LogP contribution < -0.4 is 4.74 Å². The molecule has 1 aliphatic heterocycles. The molecule has 1 saturated heterocycles. The van der Waals surface area contributed by atoms with Crippen LogP contribution in [0.4, 0.5) is 8.78 Å². The van der Waals surface area contributed by atoms with Crippen LogP contribution in [0, 0.1) is 17.6 Å². The van der Waals surface area contributed by atoms with Gasteiger partial charge in [-0.25, -0.2) is 13.6 Å². The van der Waals surface area contributed by atoms with Crippen molar-refractivity contribution in [3.8, 4) is 5.75 Å². The summed E-state index contributed by atoms with van der Waals surface area (Å²) in [5.41, 5.74) is 1.60. The number of halogens is 2. The SMILES string of the molecule is COc1ccc(F)c(F)c1CN1CCC(Cc2ccc(C(=O)O)cc2)C1. The molecule has 26 heavy (non-hydrogen) atoms. The number of rotatable bonds is 6. The molecule has 0 bridgehead atoms. The summed E-state index contributed by atoms with van der Waals surface area (Å²) in [6.07, 6.45) is 1.79. The van der Waals surface area contributed by atoms with Gasteiger partial charge in [-0.15, -0.1) is 0 Å². The molecule has 1 atom stereocenters. The molecule has 0 aromatic heterocycles. The number of carbonyl (C=O) groups is 1. The first-order valence-electron chi connectivity index (χ1n) is 8.53. The van der Waals surface area contributed by atoms with Crippen LogP contribution in [0.2, 0.25) is 0 Å². The standard InChI is InChI=1S/C20H21F2NO3/c1-26-18-7-6-17(21)19(22)16(18)12-23-9-8-14(11-23)10-13-2-4-15(5-3-13)20(24)25/h2-7,14H,8-12H2,1H3,(H,24,25). The molecule has 1 fully saturated rings. The summed E-state index contributed by atoms with van der Waals surface area (Å²) in [5.74, 6) is -1.90. The molecule has 0 amide bonds. The van der Waals surface area contributed by atoms with E-state index in [1.54, 1.807) is 12.1 Å². The van der Waals surface area contributed by atoms with Gasteiger partial charge in [0.1, 0.15) is 5.75 Å². The minimum Gasteiger partial charge on any atom is -0.496 e. The molecule has 4 nitrogen and oxygen atoms in total. The zero-order chi connectivity index (χ0) is 18.7. The van der Waals surface area contributed by atoms with Crippen molar-refractivity contribution < 1.29 is 23.4 Å². The molecule has 1 N–H and O–H groups in total. The molecule has 0 aliphatic carbocycles. The maximum atomic E-state index is 14.1. The van der Waals surface area contributed by atoms with Gasteiger partial charge in [-0.3, -0.25) is 4.90 Å². The van der Waals surface area contributed by atoms with E-state index in [9.17, 15) is 13.6 Å². The van der Waals surface area contributed by atoms with Gasteiger partial charge in [0.15, 0.2) is 11.6 Å². The second-order valence-electron chi connectivity index (χ2n) is 6.64. The summed E-state index contributed by atoms with van der Waals surface area (Å²) in [6, 6.07) is 9.41. The van der Waals surface area contributed by atoms with Crippen LogP contribution in [0.3, 0.4) is 0 Å². The van der Waals surface area contributed by atoms with E-state index in [4.69, 9.17) is 9.84 Å². The van der Waals surface area contributed by atoms with Crippen molar-refractivity contribution in [3.63, 3.8) is 0 Å². The van der Waals surface area contributed by atoms with E-state index >= 15 is 0 Å². The molecule has 1 heterocycles. The number of benzene rings is 2. The molecule has 2 aromatic rings. The second kappa shape index (κ2) is 7.83. The average Bonchev–Trinajstić information content (AvgIpc) is 3.07. The van der Waals surface area contributed by atoms with Crippen molar-refractivity contribution in [3.05, 3.63) is 64.7 Å². The van der Waals surface area contributed by atoms with Crippen LogP contribution in [-0.4, -0.2) is 36.2 Å². The molecular formula is C20H21F2NO3. The third kappa shape index (κ3) is 4.02. The summed E-state index contributed by atoms with van der Waals surface area (Å²) in [4.78, 5) is 13.0. The van der Waals surface area contributed by atoms with Crippen molar-refractivity contribution in [2.45, 2.75) is 19.4 Å². The van der Waals surface area contributed by atoms with Gasteiger partial charge in [0.2, 0.25) is 0 Å². The van der Waals surface area contributed by atoms with Crippen molar-refractivity contribution >= 4 is 5.97 Å². The Kier molecular flexibility index (Phi) is 5.52. The van der Waals surface area contributed by atoms with E-state index in [-0.39, 0.29) is 11.1 Å². The number of carboxylic acids is 1. The van der Waals surface area contributed by atoms with Crippen LogP contribution in [0.5, 0.6) is 5.75 Å². The Morgan fingerprint density at radius 2 is 1.96 bits per heavy atom. The lowest BCUT2D eigenvalue weighted by atomic mass is 9.98. The Morgan fingerprint density at radius 1 is 1.23 bits per heavy atom. The van der Waals surface area contributed by atoms with Crippen molar-refractivity contribution in [1.29, 1.82) is 0 Å². The highest BCUT2D eigenvalue weighted by molar-refractivity contribution is 5.87. The zero-order valence-electron chi connectivity index (χ0n) is 14.5. The molecule has 138 valence electrons. The van der Waals surface area contributed by atoms with Gasteiger partial charge in [0.05, 0.1) is 12.7 Å². The van der Waals surface area contributed by atoms with Crippen LogP contribution in [-0.2, 0) is 13.0 Å². The first-order valence-corrected chi connectivity index (χ1v) is 8.53. The fraction of sp³-hybridized carbons (Fsp3) is 0.350.